The monoisotopic (exact) mass is 252 g/mol. The highest BCUT2D eigenvalue weighted by Gasteiger charge is 2.13. The second-order valence-electron chi connectivity index (χ2n) is 3.63. The average Bonchev–Trinajstić information content (AvgIpc) is 2.43. The van der Waals surface area contributed by atoms with E-state index >= 15 is 0 Å². The molecule has 6 heteroatoms. The van der Waals surface area contributed by atoms with Crippen LogP contribution in [0.15, 0.2) is 23.5 Å². The van der Waals surface area contributed by atoms with E-state index in [1.807, 2.05) is 26.0 Å². The van der Waals surface area contributed by atoms with Crippen molar-refractivity contribution in [2.45, 2.75) is 13.8 Å². The van der Waals surface area contributed by atoms with E-state index in [1.54, 1.807) is 6.20 Å². The van der Waals surface area contributed by atoms with E-state index in [2.05, 4.69) is 15.0 Å². The van der Waals surface area contributed by atoms with Crippen molar-refractivity contribution in [3.8, 4) is 0 Å². The zero-order valence-electron chi connectivity index (χ0n) is 10.8. The van der Waals surface area contributed by atoms with Gasteiger partial charge in [0.05, 0.1) is 12.3 Å². The van der Waals surface area contributed by atoms with Crippen LogP contribution in [0.4, 0.5) is 5.69 Å². The van der Waals surface area contributed by atoms with Crippen molar-refractivity contribution in [2.24, 2.45) is 10.9 Å². The van der Waals surface area contributed by atoms with E-state index in [-0.39, 0.29) is 5.84 Å². The number of nitrogens with zero attached hydrogens (tertiary/aromatic N) is 3. The minimum atomic E-state index is 0.0143. The Morgan fingerprint density at radius 1 is 1.56 bits per heavy atom. The number of likely N-dealkylation sites (N-methyl/N-ethyl adjacent to an activating group) is 1. The minimum Gasteiger partial charge on any atom is -0.409 e. The molecule has 0 radical (unpaired) electrons. The lowest BCUT2D eigenvalue weighted by Gasteiger charge is -2.24. The number of oxime groups is 1. The molecule has 0 aliphatic carbocycles. The summed E-state index contributed by atoms with van der Waals surface area (Å²) in [5.74, 6) is 0.0143. The summed E-state index contributed by atoms with van der Waals surface area (Å²) < 4.78 is 5.34. The molecule has 0 fully saturated rings. The van der Waals surface area contributed by atoms with Crippen LogP contribution in [0.2, 0.25) is 0 Å². The fourth-order valence-electron chi connectivity index (χ4n) is 1.66. The third-order valence-electron chi connectivity index (χ3n) is 2.57. The number of nitrogens with two attached hydrogens (primary N) is 1. The molecule has 0 saturated carbocycles. The van der Waals surface area contributed by atoms with Gasteiger partial charge in [0.2, 0.25) is 0 Å². The predicted octanol–water partition coefficient (Wildman–Crippen LogP) is 1.04. The fraction of sp³-hybridized carbons (Fsp3) is 0.500. The molecular weight excluding hydrogens is 232 g/mol. The van der Waals surface area contributed by atoms with Crippen molar-refractivity contribution in [2.75, 3.05) is 31.2 Å². The Balaban J connectivity index is 2.91. The van der Waals surface area contributed by atoms with Crippen LogP contribution >= 0.6 is 0 Å². The number of aromatic nitrogens is 1. The number of anilines is 1. The van der Waals surface area contributed by atoms with Crippen LogP contribution in [-0.4, -0.2) is 42.3 Å². The highest BCUT2D eigenvalue weighted by Crippen LogP contribution is 2.17. The molecular formula is C12H20N4O2. The van der Waals surface area contributed by atoms with E-state index in [1.165, 1.54) is 0 Å². The first-order valence-corrected chi connectivity index (χ1v) is 6.00. The van der Waals surface area contributed by atoms with Gasteiger partial charge in [-0.1, -0.05) is 5.16 Å². The Hall–Kier alpha value is -1.82. The molecule has 1 rings (SSSR count). The number of hydrogen-bond donors (Lipinski definition) is 2. The lowest BCUT2D eigenvalue weighted by molar-refractivity contribution is 0.154. The third-order valence-corrected chi connectivity index (χ3v) is 2.57. The molecule has 1 aromatic rings. The second kappa shape index (κ2) is 7.50. The largest absolute Gasteiger partial charge is 0.409 e. The molecule has 0 spiro atoms. The lowest BCUT2D eigenvalue weighted by atomic mass is 10.2. The first kappa shape index (κ1) is 14.2. The molecule has 0 amide bonds. The van der Waals surface area contributed by atoms with Crippen LogP contribution in [-0.2, 0) is 4.74 Å². The summed E-state index contributed by atoms with van der Waals surface area (Å²) in [4.78, 5) is 6.23. The zero-order valence-corrected chi connectivity index (χ0v) is 10.8. The topological polar surface area (TPSA) is 84.0 Å². The normalized spacial score (nSPS) is 11.6. The number of amidine groups is 1. The Morgan fingerprint density at radius 2 is 2.33 bits per heavy atom. The number of hydrogen-bond acceptors (Lipinski definition) is 5. The Labute approximate surface area is 107 Å². The summed E-state index contributed by atoms with van der Waals surface area (Å²) in [5, 5.41) is 11.8. The van der Waals surface area contributed by atoms with Gasteiger partial charge in [-0.3, -0.25) is 4.98 Å². The molecule has 1 heterocycles. The Bertz CT molecular complexity index is 395. The van der Waals surface area contributed by atoms with Crippen molar-refractivity contribution in [3.63, 3.8) is 0 Å². The number of rotatable bonds is 7. The molecule has 18 heavy (non-hydrogen) atoms. The summed E-state index contributed by atoms with van der Waals surface area (Å²) in [6, 6.07) is 3.72. The molecule has 0 unspecified atom stereocenters. The van der Waals surface area contributed by atoms with Gasteiger partial charge in [0.1, 0.15) is 5.69 Å². The molecule has 0 saturated heterocycles. The van der Waals surface area contributed by atoms with Crippen LogP contribution < -0.4 is 10.6 Å². The molecule has 1 aromatic heterocycles. The molecule has 0 aliphatic rings. The molecule has 0 aliphatic heterocycles. The minimum absolute atomic E-state index is 0.0143. The smallest absolute Gasteiger partial charge is 0.190 e. The van der Waals surface area contributed by atoms with Gasteiger partial charge in [-0.2, -0.15) is 0 Å². The maximum absolute atomic E-state index is 8.76. The predicted molar refractivity (Wildman–Crippen MR) is 71.1 cm³/mol. The number of pyridine rings is 1. The SMILES string of the molecule is CCOCCN(CC)c1cccnc1/C(N)=N/O. The van der Waals surface area contributed by atoms with Crippen molar-refractivity contribution in [1.82, 2.24) is 4.98 Å². The van der Waals surface area contributed by atoms with E-state index in [0.717, 1.165) is 18.8 Å². The highest BCUT2D eigenvalue weighted by atomic mass is 16.5. The van der Waals surface area contributed by atoms with Crippen LogP contribution in [0.5, 0.6) is 0 Å². The summed E-state index contributed by atoms with van der Waals surface area (Å²) in [6.45, 7) is 6.86. The maximum Gasteiger partial charge on any atom is 0.190 e. The fourth-order valence-corrected chi connectivity index (χ4v) is 1.66. The third kappa shape index (κ3) is 3.59. The Kier molecular flexibility index (Phi) is 5.93. The standard InChI is InChI=1S/C12H20N4O2/c1-3-16(8-9-18-4-2)10-6-5-7-14-11(10)12(13)15-17/h5-7,17H,3-4,8-9H2,1-2H3,(H2,13,15). The summed E-state index contributed by atoms with van der Waals surface area (Å²) in [5.41, 5.74) is 6.95. The quantitative estimate of drug-likeness (QED) is 0.249. The molecule has 0 aromatic carbocycles. The van der Waals surface area contributed by atoms with Gasteiger partial charge in [-0.05, 0) is 26.0 Å². The van der Waals surface area contributed by atoms with Gasteiger partial charge < -0.3 is 20.6 Å². The number of ether oxygens (including phenoxy) is 1. The van der Waals surface area contributed by atoms with Gasteiger partial charge in [0, 0.05) is 25.9 Å². The summed E-state index contributed by atoms with van der Waals surface area (Å²) in [7, 11) is 0. The first-order chi connectivity index (χ1) is 8.74. The summed E-state index contributed by atoms with van der Waals surface area (Å²) in [6.07, 6.45) is 1.62. The molecule has 6 nitrogen and oxygen atoms in total. The van der Waals surface area contributed by atoms with Crippen molar-refractivity contribution in [1.29, 1.82) is 0 Å². The van der Waals surface area contributed by atoms with Gasteiger partial charge in [0.15, 0.2) is 5.84 Å². The molecule has 0 atom stereocenters. The van der Waals surface area contributed by atoms with Crippen LogP contribution in [0.25, 0.3) is 0 Å². The first-order valence-electron chi connectivity index (χ1n) is 6.00. The van der Waals surface area contributed by atoms with Gasteiger partial charge >= 0.3 is 0 Å². The van der Waals surface area contributed by atoms with Crippen molar-refractivity contribution >= 4 is 11.5 Å². The van der Waals surface area contributed by atoms with E-state index in [0.29, 0.717) is 18.9 Å². The van der Waals surface area contributed by atoms with Gasteiger partial charge in [0.25, 0.3) is 0 Å². The van der Waals surface area contributed by atoms with Gasteiger partial charge in [-0.15, -0.1) is 0 Å². The maximum atomic E-state index is 8.76. The van der Waals surface area contributed by atoms with E-state index < -0.39 is 0 Å². The van der Waals surface area contributed by atoms with E-state index in [4.69, 9.17) is 15.7 Å². The van der Waals surface area contributed by atoms with Crippen LogP contribution in [0.3, 0.4) is 0 Å². The van der Waals surface area contributed by atoms with Crippen LogP contribution in [0.1, 0.15) is 19.5 Å². The van der Waals surface area contributed by atoms with Crippen molar-refractivity contribution < 1.29 is 9.94 Å². The molecule has 3 N–H and O–H groups in total. The molecule has 100 valence electrons. The van der Waals surface area contributed by atoms with Crippen LogP contribution in [0, 0.1) is 0 Å². The summed E-state index contributed by atoms with van der Waals surface area (Å²) >= 11 is 0. The average molecular weight is 252 g/mol. The zero-order chi connectivity index (χ0) is 13.4. The lowest BCUT2D eigenvalue weighted by Crippen LogP contribution is -2.30. The Morgan fingerprint density at radius 3 is 2.94 bits per heavy atom. The van der Waals surface area contributed by atoms with Crippen molar-refractivity contribution in [3.05, 3.63) is 24.0 Å². The second-order valence-corrected chi connectivity index (χ2v) is 3.63. The van der Waals surface area contributed by atoms with E-state index in [9.17, 15) is 0 Å². The highest BCUT2D eigenvalue weighted by molar-refractivity contribution is 6.00. The van der Waals surface area contributed by atoms with Gasteiger partial charge in [-0.25, -0.2) is 0 Å². The molecule has 0 bridgehead atoms.